The van der Waals surface area contributed by atoms with Crippen molar-refractivity contribution in [1.29, 1.82) is 0 Å². The van der Waals surface area contributed by atoms with Crippen molar-refractivity contribution in [3.63, 3.8) is 0 Å². The molecule has 1 aliphatic rings. The number of carbonyl (C=O) groups is 2. The molecule has 2 heterocycles. The molecule has 4 rings (SSSR count). The standard InChI is InChI=1S/C27H26N2O6/c1-4-35-19-12-10-18(11-13-19)24(30)22-23(20-8-5-9-21(33-2)26(20)34-3)29(27(32)25(22)31)16-17-7-6-14-28-15-17/h5-15,23,30H,4,16H2,1-3H3/t23-/m0/s1. The summed E-state index contributed by atoms with van der Waals surface area (Å²) in [5.74, 6) is -0.345. The molecule has 1 fully saturated rings. The first kappa shape index (κ1) is 23.8. The van der Waals surface area contributed by atoms with Gasteiger partial charge in [-0.3, -0.25) is 14.6 Å². The first-order valence-corrected chi connectivity index (χ1v) is 11.1. The van der Waals surface area contributed by atoms with E-state index in [1.54, 1.807) is 60.9 Å². The zero-order valence-corrected chi connectivity index (χ0v) is 19.7. The number of likely N-dealkylation sites (tertiary alicyclic amines) is 1. The van der Waals surface area contributed by atoms with Crippen LogP contribution in [0, 0.1) is 0 Å². The smallest absolute Gasteiger partial charge is 0.295 e. The van der Waals surface area contributed by atoms with Crippen LogP contribution in [0.5, 0.6) is 17.2 Å². The number of ketones is 1. The molecule has 180 valence electrons. The highest BCUT2D eigenvalue weighted by molar-refractivity contribution is 6.46. The van der Waals surface area contributed by atoms with Crippen molar-refractivity contribution in [2.45, 2.75) is 19.5 Å². The Morgan fingerprint density at radius 2 is 1.80 bits per heavy atom. The van der Waals surface area contributed by atoms with Crippen molar-refractivity contribution >= 4 is 17.4 Å². The third-order valence-electron chi connectivity index (χ3n) is 5.78. The van der Waals surface area contributed by atoms with Gasteiger partial charge in [0, 0.05) is 30.1 Å². The molecule has 8 heteroatoms. The number of benzene rings is 2. The topological polar surface area (TPSA) is 98.2 Å². The summed E-state index contributed by atoms with van der Waals surface area (Å²) >= 11 is 0. The first-order chi connectivity index (χ1) is 17.0. The summed E-state index contributed by atoms with van der Waals surface area (Å²) in [4.78, 5) is 32.1. The Morgan fingerprint density at radius 3 is 2.43 bits per heavy atom. The van der Waals surface area contributed by atoms with Crippen LogP contribution in [-0.2, 0) is 16.1 Å². The number of nitrogens with zero attached hydrogens (tertiary/aromatic N) is 2. The number of hydrogen-bond donors (Lipinski definition) is 1. The van der Waals surface area contributed by atoms with Gasteiger partial charge in [0.25, 0.3) is 11.7 Å². The minimum Gasteiger partial charge on any atom is -0.507 e. The lowest BCUT2D eigenvalue weighted by Crippen LogP contribution is -2.29. The number of amides is 1. The molecule has 0 radical (unpaired) electrons. The molecule has 0 aliphatic carbocycles. The summed E-state index contributed by atoms with van der Waals surface area (Å²) < 4.78 is 16.5. The molecule has 0 spiro atoms. The third kappa shape index (κ3) is 4.55. The maximum absolute atomic E-state index is 13.3. The normalized spacial score (nSPS) is 16.9. The minimum atomic E-state index is -0.910. The van der Waals surface area contributed by atoms with Gasteiger partial charge in [-0.1, -0.05) is 18.2 Å². The molecule has 1 aliphatic heterocycles. The molecule has 0 bridgehead atoms. The maximum Gasteiger partial charge on any atom is 0.295 e. The predicted octanol–water partition coefficient (Wildman–Crippen LogP) is 4.12. The molecule has 0 saturated carbocycles. The van der Waals surface area contributed by atoms with Gasteiger partial charge in [-0.15, -0.1) is 0 Å². The van der Waals surface area contributed by atoms with Gasteiger partial charge in [0.1, 0.15) is 11.5 Å². The van der Waals surface area contributed by atoms with Crippen LogP contribution >= 0.6 is 0 Å². The van der Waals surface area contributed by atoms with Gasteiger partial charge in [-0.2, -0.15) is 0 Å². The fourth-order valence-corrected chi connectivity index (χ4v) is 4.21. The van der Waals surface area contributed by atoms with Gasteiger partial charge in [0.2, 0.25) is 0 Å². The minimum absolute atomic E-state index is 0.0328. The number of methoxy groups -OCH3 is 2. The summed E-state index contributed by atoms with van der Waals surface area (Å²) in [7, 11) is 3.00. The molecule has 2 aromatic carbocycles. The molecule has 0 unspecified atom stereocenters. The maximum atomic E-state index is 13.3. The predicted molar refractivity (Wildman–Crippen MR) is 129 cm³/mol. The van der Waals surface area contributed by atoms with Crippen LogP contribution in [0.15, 0.2) is 72.6 Å². The molecule has 3 aromatic rings. The van der Waals surface area contributed by atoms with Crippen LogP contribution in [-0.4, -0.2) is 47.5 Å². The highest BCUT2D eigenvalue weighted by Gasteiger charge is 2.47. The average Bonchev–Trinajstić information content (AvgIpc) is 3.13. The molecule has 1 N–H and O–H groups in total. The average molecular weight is 475 g/mol. The number of aromatic nitrogens is 1. The lowest BCUT2D eigenvalue weighted by Gasteiger charge is -2.27. The molecule has 35 heavy (non-hydrogen) atoms. The van der Waals surface area contributed by atoms with Crippen molar-refractivity contribution in [3.8, 4) is 17.2 Å². The molecule has 1 aromatic heterocycles. The van der Waals surface area contributed by atoms with E-state index in [1.807, 2.05) is 13.0 Å². The summed E-state index contributed by atoms with van der Waals surface area (Å²) in [5.41, 5.74) is 1.61. The Labute approximate surface area is 203 Å². The summed E-state index contributed by atoms with van der Waals surface area (Å²) in [6.07, 6.45) is 3.26. The molecule has 8 nitrogen and oxygen atoms in total. The molecular weight excluding hydrogens is 448 g/mol. The van der Waals surface area contributed by atoms with Gasteiger partial charge in [0.05, 0.1) is 32.4 Å². The monoisotopic (exact) mass is 474 g/mol. The van der Waals surface area contributed by atoms with Crippen molar-refractivity contribution in [3.05, 3.63) is 89.3 Å². The molecule has 1 atom stereocenters. The van der Waals surface area contributed by atoms with Crippen LogP contribution in [0.2, 0.25) is 0 Å². The van der Waals surface area contributed by atoms with E-state index in [0.29, 0.717) is 35.0 Å². The Hall–Kier alpha value is -4.33. The second-order valence-electron chi connectivity index (χ2n) is 7.83. The number of ether oxygens (including phenoxy) is 3. The van der Waals surface area contributed by atoms with E-state index < -0.39 is 17.7 Å². The van der Waals surface area contributed by atoms with Gasteiger partial charge >= 0.3 is 0 Å². The zero-order chi connectivity index (χ0) is 24.9. The van der Waals surface area contributed by atoms with Crippen LogP contribution in [0.3, 0.4) is 0 Å². The third-order valence-corrected chi connectivity index (χ3v) is 5.78. The Balaban J connectivity index is 1.89. The summed E-state index contributed by atoms with van der Waals surface area (Å²) in [6, 6.07) is 14.6. The quantitative estimate of drug-likeness (QED) is 0.298. The first-order valence-electron chi connectivity index (χ1n) is 11.1. The Bertz CT molecular complexity index is 1250. The number of hydrogen-bond acceptors (Lipinski definition) is 7. The van der Waals surface area contributed by atoms with Gasteiger partial charge in [-0.05, 0) is 48.9 Å². The lowest BCUT2D eigenvalue weighted by molar-refractivity contribution is -0.140. The van der Waals surface area contributed by atoms with Gasteiger partial charge < -0.3 is 24.2 Å². The number of carbonyl (C=O) groups excluding carboxylic acids is 2. The van der Waals surface area contributed by atoms with Crippen LogP contribution in [0.4, 0.5) is 0 Å². The van der Waals surface area contributed by atoms with E-state index >= 15 is 0 Å². The number of pyridine rings is 1. The zero-order valence-electron chi connectivity index (χ0n) is 19.7. The highest BCUT2D eigenvalue weighted by Crippen LogP contribution is 2.46. The van der Waals surface area contributed by atoms with Gasteiger partial charge in [-0.25, -0.2) is 0 Å². The van der Waals surface area contributed by atoms with Crippen LogP contribution in [0.1, 0.15) is 29.7 Å². The fourth-order valence-electron chi connectivity index (χ4n) is 4.21. The van der Waals surface area contributed by atoms with Crippen LogP contribution in [0.25, 0.3) is 5.76 Å². The van der Waals surface area contributed by atoms with Crippen molar-refractivity contribution in [2.75, 3.05) is 20.8 Å². The Morgan fingerprint density at radius 1 is 1.03 bits per heavy atom. The van der Waals surface area contributed by atoms with E-state index in [-0.39, 0.29) is 17.9 Å². The number of aliphatic hydroxyl groups excluding tert-OH is 1. The number of Topliss-reactive ketones (excluding diaryl/α,β-unsaturated/α-hetero) is 1. The number of rotatable bonds is 8. The molecule has 1 saturated heterocycles. The second-order valence-corrected chi connectivity index (χ2v) is 7.83. The number of aliphatic hydroxyl groups is 1. The SMILES string of the molecule is CCOc1ccc(C(O)=C2C(=O)C(=O)N(Cc3cccnc3)[C@H]2c2cccc(OC)c2OC)cc1. The summed E-state index contributed by atoms with van der Waals surface area (Å²) in [6.45, 7) is 2.49. The van der Waals surface area contributed by atoms with E-state index in [4.69, 9.17) is 14.2 Å². The van der Waals surface area contributed by atoms with Crippen molar-refractivity contribution < 1.29 is 28.9 Å². The second kappa shape index (κ2) is 10.3. The van der Waals surface area contributed by atoms with E-state index in [1.165, 1.54) is 19.1 Å². The van der Waals surface area contributed by atoms with Gasteiger partial charge in [0.15, 0.2) is 11.5 Å². The van der Waals surface area contributed by atoms with E-state index in [2.05, 4.69) is 4.98 Å². The van der Waals surface area contributed by atoms with Crippen molar-refractivity contribution in [1.82, 2.24) is 9.88 Å². The summed E-state index contributed by atoms with van der Waals surface area (Å²) in [5, 5.41) is 11.3. The molecule has 1 amide bonds. The lowest BCUT2D eigenvalue weighted by atomic mass is 9.94. The number of para-hydroxylation sites is 1. The Kier molecular flexibility index (Phi) is 7.01. The largest absolute Gasteiger partial charge is 0.507 e. The van der Waals surface area contributed by atoms with E-state index in [9.17, 15) is 14.7 Å². The highest BCUT2D eigenvalue weighted by atomic mass is 16.5. The van der Waals surface area contributed by atoms with Crippen molar-refractivity contribution in [2.24, 2.45) is 0 Å². The van der Waals surface area contributed by atoms with Crippen LogP contribution < -0.4 is 14.2 Å². The molecular formula is C27H26N2O6. The fraction of sp³-hybridized carbons (Fsp3) is 0.222. The van der Waals surface area contributed by atoms with E-state index in [0.717, 1.165) is 5.56 Å².